The molecular weight excluding hydrogens is 893 g/mol. The number of imidazole rings is 1. The van der Waals surface area contributed by atoms with Gasteiger partial charge in [0, 0.05) is 60.7 Å². The zero-order chi connectivity index (χ0) is 39.9. The molecule has 0 saturated heterocycles. The fourth-order valence-electron chi connectivity index (χ4n) is 7.02. The average Bonchev–Trinajstić information content (AvgIpc) is 3.94. The van der Waals surface area contributed by atoms with Crippen molar-refractivity contribution < 1.29 is 24.5 Å². The summed E-state index contributed by atoms with van der Waals surface area (Å²) in [5, 5.41) is 6.54. The Morgan fingerprint density at radius 2 is 1.50 bits per heavy atom. The molecule has 4 aromatic heterocycles. The molecule has 1 radical (unpaired) electrons. The molecule has 4 heterocycles. The van der Waals surface area contributed by atoms with Crippen LogP contribution in [0.1, 0.15) is 72.0 Å². The van der Waals surface area contributed by atoms with Crippen LogP contribution in [0, 0.1) is 12.1 Å². The summed E-state index contributed by atoms with van der Waals surface area (Å²) in [6.07, 6.45) is 6.20. The van der Waals surface area contributed by atoms with Crippen molar-refractivity contribution >= 4 is 33.0 Å². The predicted molar refractivity (Wildman–Crippen MR) is 233 cm³/mol. The maximum atomic E-state index is 6.52. The molecule has 5 aromatic carbocycles. The minimum Gasteiger partial charge on any atom is -0.501 e. The molecule has 0 atom stereocenters. The summed E-state index contributed by atoms with van der Waals surface area (Å²) in [5.74, 6) is 1.69. The van der Waals surface area contributed by atoms with Crippen molar-refractivity contribution in [3.8, 4) is 39.5 Å². The summed E-state index contributed by atoms with van der Waals surface area (Å²) in [4.78, 5) is 14.8. The van der Waals surface area contributed by atoms with Gasteiger partial charge in [0.2, 0.25) is 0 Å². The van der Waals surface area contributed by atoms with Gasteiger partial charge in [-0.3, -0.25) is 9.67 Å². The Hall–Kier alpha value is -5.69. The number of hydrogen-bond acceptors (Lipinski definition) is 5. The van der Waals surface area contributed by atoms with E-state index in [1.165, 1.54) is 11.1 Å². The Labute approximate surface area is 354 Å². The van der Waals surface area contributed by atoms with Gasteiger partial charge in [-0.2, -0.15) is 28.9 Å². The third-order valence-electron chi connectivity index (χ3n) is 10.2. The molecule has 58 heavy (non-hydrogen) atoms. The van der Waals surface area contributed by atoms with E-state index in [1.807, 2.05) is 66.6 Å². The Bertz CT molecular complexity index is 2800. The smallest absolute Gasteiger partial charge is 0.134 e. The summed E-state index contributed by atoms with van der Waals surface area (Å²) in [6.45, 7) is 15.2. The molecule has 7 nitrogen and oxygen atoms in total. The topological polar surface area (TPSA) is 74.6 Å². The second-order valence-electron chi connectivity index (χ2n) is 16.7. The zero-order valence-corrected chi connectivity index (χ0v) is 36.8. The molecule has 0 spiro atoms. The van der Waals surface area contributed by atoms with Gasteiger partial charge in [0.1, 0.15) is 11.4 Å². The van der Waals surface area contributed by atoms with Crippen LogP contribution >= 0.6 is 0 Å². The molecule has 9 rings (SSSR count). The summed E-state index contributed by atoms with van der Waals surface area (Å²) in [5.41, 5.74) is 11.8. The first-order valence-corrected chi connectivity index (χ1v) is 19.7. The van der Waals surface area contributed by atoms with Crippen molar-refractivity contribution in [2.75, 3.05) is 0 Å². The number of para-hydroxylation sites is 2. The summed E-state index contributed by atoms with van der Waals surface area (Å²) in [6, 6.07) is 43.9. The van der Waals surface area contributed by atoms with E-state index in [-0.39, 0.29) is 30.9 Å². The van der Waals surface area contributed by atoms with Crippen LogP contribution in [0.2, 0.25) is 0 Å². The minimum absolute atomic E-state index is 0. The first-order valence-electron chi connectivity index (χ1n) is 19.7. The van der Waals surface area contributed by atoms with Gasteiger partial charge in [0.15, 0.2) is 0 Å². The van der Waals surface area contributed by atoms with Crippen molar-refractivity contribution in [2.24, 2.45) is 7.05 Å². The Kier molecular flexibility index (Phi) is 11.4. The van der Waals surface area contributed by atoms with E-state index in [4.69, 9.17) is 19.4 Å². The molecule has 0 saturated carbocycles. The number of benzene rings is 5. The Morgan fingerprint density at radius 1 is 0.724 bits per heavy atom. The van der Waals surface area contributed by atoms with Crippen molar-refractivity contribution in [1.29, 1.82) is 0 Å². The quantitative estimate of drug-likeness (QED) is 0.155. The Balaban J connectivity index is 0.000000206. The monoisotopic (exact) mass is 941 g/mol. The molecule has 0 aliphatic rings. The van der Waals surface area contributed by atoms with Crippen LogP contribution in [0.15, 0.2) is 126 Å². The van der Waals surface area contributed by atoms with Crippen molar-refractivity contribution in [3.05, 3.63) is 151 Å². The summed E-state index contributed by atoms with van der Waals surface area (Å²) in [7, 11) is 2.03. The fraction of sp³-hybridized carbons (Fsp3) is 0.240. The number of hydrogen-bond donors (Lipinski definition) is 0. The predicted octanol–water partition coefficient (Wildman–Crippen LogP) is 12.3. The minimum atomic E-state index is -0.157. The van der Waals surface area contributed by atoms with Crippen molar-refractivity contribution in [2.45, 2.75) is 72.1 Å². The summed E-state index contributed by atoms with van der Waals surface area (Å²) < 4.78 is 10.5. The fourth-order valence-corrected chi connectivity index (χ4v) is 7.02. The van der Waals surface area contributed by atoms with Crippen LogP contribution in [0.5, 0.6) is 0 Å². The number of fused-ring (bicyclic) bond motifs is 4. The van der Waals surface area contributed by atoms with E-state index in [9.17, 15) is 0 Å². The van der Waals surface area contributed by atoms with Crippen LogP contribution in [-0.2, 0) is 44.4 Å². The van der Waals surface area contributed by atoms with Crippen LogP contribution < -0.4 is 0 Å². The van der Waals surface area contributed by atoms with Crippen LogP contribution in [0.3, 0.4) is 0 Å². The van der Waals surface area contributed by atoms with E-state index >= 15 is 0 Å². The van der Waals surface area contributed by atoms with Crippen LogP contribution in [-0.4, -0.2) is 29.3 Å². The third-order valence-corrected chi connectivity index (χ3v) is 10.2. The molecule has 0 amide bonds. The average molecular weight is 941 g/mol. The van der Waals surface area contributed by atoms with E-state index in [0.717, 1.165) is 91.2 Å². The molecule has 9 aromatic rings. The van der Waals surface area contributed by atoms with Gasteiger partial charge < -0.3 is 8.98 Å². The first-order chi connectivity index (χ1) is 27.4. The first kappa shape index (κ1) is 40.5. The normalized spacial score (nSPS) is 11.8. The maximum absolute atomic E-state index is 6.52. The molecule has 0 aliphatic heterocycles. The number of nitrogens with zero attached hydrogens (tertiary/aromatic N) is 6. The van der Waals surface area contributed by atoms with Crippen molar-refractivity contribution in [1.82, 2.24) is 29.3 Å². The molecule has 0 N–H and O–H groups in total. The van der Waals surface area contributed by atoms with Crippen molar-refractivity contribution in [3.63, 3.8) is 0 Å². The molecule has 0 bridgehead atoms. The number of furan rings is 1. The maximum Gasteiger partial charge on any atom is 0.134 e. The molecule has 295 valence electrons. The van der Waals surface area contributed by atoms with Gasteiger partial charge >= 0.3 is 0 Å². The standard InChI is InChI=1S/C32H31N4O.C18H17N2.Ir/c1-31(2,3)27-18-24(34-30(35-27)32(4,5)6)19-15-16-20-21-11-10-12-22(28(21)37-26(20)17-19)29-33-23-13-8-9-14-25(23)36(29)7;1-2-6-15-9-11-18(12-10-15)20-14-17(13-19-20)16-7-4-3-5-8-16;/h8-11,13-18H,1-7H3;3-5,7-11,13-14H,2,6H2,1H3;/q2*-1;. The van der Waals surface area contributed by atoms with Gasteiger partial charge in [0.05, 0.1) is 40.0 Å². The zero-order valence-electron chi connectivity index (χ0n) is 34.4. The van der Waals surface area contributed by atoms with E-state index in [2.05, 4.69) is 137 Å². The molecular formula is C50H48IrN6O-2. The molecule has 0 aliphatic carbocycles. The van der Waals surface area contributed by atoms with Crippen LogP contribution in [0.4, 0.5) is 0 Å². The van der Waals surface area contributed by atoms with Crippen LogP contribution in [0.25, 0.3) is 72.4 Å². The molecule has 0 unspecified atom stereocenters. The third kappa shape index (κ3) is 8.18. The van der Waals surface area contributed by atoms with Gasteiger partial charge in [0.25, 0.3) is 0 Å². The van der Waals surface area contributed by atoms with Gasteiger partial charge in [-0.25, -0.2) is 9.97 Å². The molecule has 0 fully saturated rings. The largest absolute Gasteiger partial charge is 0.501 e. The second-order valence-corrected chi connectivity index (χ2v) is 16.7. The number of aryl methyl sites for hydroxylation is 2. The number of aromatic nitrogens is 6. The SMILES string of the molecule is CCCc1c[c-]c(-n2cc(-c3ccccc3)cn2)cc1.Cn1c(-c2[c-]ccc3c2oc2cc(-c4cc(C(C)(C)C)nc(C(C)(C)C)n4)ccc23)nc2ccccc21.[Ir]. The Morgan fingerprint density at radius 3 is 2.21 bits per heavy atom. The van der Waals surface area contributed by atoms with E-state index in [0.29, 0.717) is 0 Å². The van der Waals surface area contributed by atoms with Gasteiger partial charge in [-0.05, 0) is 35.5 Å². The summed E-state index contributed by atoms with van der Waals surface area (Å²) >= 11 is 0. The van der Waals surface area contributed by atoms with E-state index in [1.54, 1.807) is 0 Å². The van der Waals surface area contributed by atoms with Gasteiger partial charge in [-0.1, -0.05) is 127 Å². The second kappa shape index (κ2) is 16.3. The molecule has 8 heteroatoms. The van der Waals surface area contributed by atoms with Gasteiger partial charge in [-0.15, -0.1) is 24.3 Å². The number of rotatable bonds is 6. The van der Waals surface area contributed by atoms with E-state index < -0.39 is 0 Å².